The molecular weight excluding hydrogens is 370 g/mol. The van der Waals surface area contributed by atoms with E-state index in [0.717, 1.165) is 33.2 Å². The van der Waals surface area contributed by atoms with Crippen molar-refractivity contribution in [3.05, 3.63) is 70.4 Å². The fraction of sp³-hybridized carbons (Fsp3) is 0.318. The number of benzene rings is 1. The lowest BCUT2D eigenvalue weighted by molar-refractivity contribution is -0.117. The number of hydrogen-bond donors (Lipinski definition) is 1. The molecule has 5 nitrogen and oxygen atoms in total. The Labute approximate surface area is 170 Å². The Morgan fingerprint density at radius 2 is 1.82 bits per heavy atom. The van der Waals surface area contributed by atoms with Crippen LogP contribution in [-0.2, 0) is 10.2 Å². The number of hydroxylamine groups is 2. The summed E-state index contributed by atoms with van der Waals surface area (Å²) in [4.78, 5) is 21.7. The first-order valence-corrected chi connectivity index (χ1v) is 10.2. The largest absolute Gasteiger partial charge is 0.285 e. The van der Waals surface area contributed by atoms with Gasteiger partial charge in [0.15, 0.2) is 5.17 Å². The molecule has 3 rings (SSSR count). The van der Waals surface area contributed by atoms with E-state index in [1.165, 1.54) is 17.3 Å². The first-order valence-electron chi connectivity index (χ1n) is 9.35. The summed E-state index contributed by atoms with van der Waals surface area (Å²) in [6.07, 6.45) is 7.95. The molecule has 1 aromatic rings. The van der Waals surface area contributed by atoms with Crippen molar-refractivity contribution >= 4 is 28.5 Å². The average Bonchev–Trinajstić information content (AvgIpc) is 3.05. The second kappa shape index (κ2) is 8.29. The summed E-state index contributed by atoms with van der Waals surface area (Å²) in [5.41, 5.74) is 4.01. The van der Waals surface area contributed by atoms with E-state index >= 15 is 0 Å². The lowest BCUT2D eigenvalue weighted by Gasteiger charge is -2.19. The highest BCUT2D eigenvalue weighted by Crippen LogP contribution is 2.35. The summed E-state index contributed by atoms with van der Waals surface area (Å²) >= 11 is 1.39. The smallest absolute Gasteiger partial charge is 0.248 e. The highest BCUT2D eigenvalue weighted by atomic mass is 32.2. The van der Waals surface area contributed by atoms with E-state index in [1.807, 2.05) is 19.1 Å². The van der Waals surface area contributed by atoms with E-state index in [4.69, 9.17) is 0 Å². The van der Waals surface area contributed by atoms with Crippen molar-refractivity contribution in [2.45, 2.75) is 46.0 Å². The Hall–Kier alpha value is -2.44. The monoisotopic (exact) mass is 395 g/mol. The molecule has 1 N–H and O–H groups in total. The maximum atomic E-state index is 12.0. The molecule has 0 aliphatic carbocycles. The van der Waals surface area contributed by atoms with Crippen LogP contribution >= 0.6 is 11.8 Å². The van der Waals surface area contributed by atoms with Crippen LogP contribution in [0.5, 0.6) is 0 Å². The predicted molar refractivity (Wildman–Crippen MR) is 116 cm³/mol. The molecule has 0 radical (unpaired) electrons. The summed E-state index contributed by atoms with van der Waals surface area (Å²) in [7, 11) is 0. The van der Waals surface area contributed by atoms with Crippen LogP contribution in [0.4, 0.5) is 0 Å². The summed E-state index contributed by atoms with van der Waals surface area (Å²) in [6.45, 7) is 8.50. The Kier molecular flexibility index (Phi) is 6.01. The van der Waals surface area contributed by atoms with E-state index in [1.54, 1.807) is 12.4 Å². The quantitative estimate of drug-likeness (QED) is 0.765. The van der Waals surface area contributed by atoms with Crippen LogP contribution in [0, 0.1) is 0 Å². The highest BCUT2D eigenvalue weighted by Gasteiger charge is 2.25. The van der Waals surface area contributed by atoms with E-state index < -0.39 is 0 Å². The Bertz CT molecular complexity index is 900. The number of thioether (sulfide) groups is 1. The molecular formula is C22H25N3O2S. The molecule has 0 bridgehead atoms. The Morgan fingerprint density at radius 1 is 1.18 bits per heavy atom. The van der Waals surface area contributed by atoms with E-state index in [2.05, 4.69) is 55.0 Å². The molecule has 1 amide bonds. The number of rotatable bonds is 3. The van der Waals surface area contributed by atoms with Gasteiger partial charge in [0.25, 0.3) is 0 Å². The molecule has 0 aromatic heterocycles. The minimum atomic E-state index is -0.154. The number of hydrogen-bond acceptors (Lipinski definition) is 4. The molecule has 6 heteroatoms. The second-order valence-electron chi connectivity index (χ2n) is 7.72. The van der Waals surface area contributed by atoms with Crippen molar-refractivity contribution in [1.82, 2.24) is 5.06 Å². The normalized spacial score (nSPS) is 18.2. The van der Waals surface area contributed by atoms with Gasteiger partial charge in [-0.15, -0.1) is 0 Å². The van der Waals surface area contributed by atoms with Gasteiger partial charge in [-0.25, -0.2) is 10.1 Å². The zero-order valence-electron chi connectivity index (χ0n) is 16.6. The zero-order chi connectivity index (χ0) is 20.3. The molecule has 1 aromatic carbocycles. The number of amidine groups is 1. The lowest BCUT2D eigenvalue weighted by atomic mass is 9.86. The molecule has 0 atom stereocenters. The van der Waals surface area contributed by atoms with Crippen molar-refractivity contribution < 1.29 is 10.0 Å². The second-order valence-corrected chi connectivity index (χ2v) is 8.70. The van der Waals surface area contributed by atoms with Crippen LogP contribution in [0.2, 0.25) is 0 Å². The third kappa shape index (κ3) is 4.69. The lowest BCUT2D eigenvalue weighted by Crippen LogP contribution is -2.11. The van der Waals surface area contributed by atoms with E-state index in [-0.39, 0.29) is 11.3 Å². The number of aliphatic imine (C=N–C) groups is 2. The summed E-state index contributed by atoms with van der Waals surface area (Å²) in [5.74, 6) is -0.154. The molecule has 0 unspecified atom stereocenters. The number of amides is 1. The first-order chi connectivity index (χ1) is 13.3. The van der Waals surface area contributed by atoms with Gasteiger partial charge in [0, 0.05) is 29.3 Å². The minimum Gasteiger partial charge on any atom is -0.285 e. The van der Waals surface area contributed by atoms with Gasteiger partial charge in [-0.2, -0.15) is 4.99 Å². The van der Waals surface area contributed by atoms with Gasteiger partial charge in [-0.1, -0.05) is 52.0 Å². The summed E-state index contributed by atoms with van der Waals surface area (Å²) in [6, 6.07) is 8.35. The molecule has 0 spiro atoms. The molecule has 0 saturated heterocycles. The molecule has 2 aliphatic rings. The maximum absolute atomic E-state index is 12.0. The van der Waals surface area contributed by atoms with Gasteiger partial charge in [-0.3, -0.25) is 10.0 Å². The molecule has 146 valence electrons. The van der Waals surface area contributed by atoms with Crippen molar-refractivity contribution in [3.63, 3.8) is 0 Å². The van der Waals surface area contributed by atoms with Crippen molar-refractivity contribution in [2.75, 3.05) is 0 Å². The van der Waals surface area contributed by atoms with Crippen LogP contribution in [0.15, 0.2) is 69.3 Å². The number of carbonyl (C=O) groups excluding carboxylic acids is 1. The van der Waals surface area contributed by atoms with Crippen LogP contribution in [-0.4, -0.2) is 27.1 Å². The van der Waals surface area contributed by atoms with Crippen LogP contribution in [0.25, 0.3) is 0 Å². The molecule has 2 heterocycles. The summed E-state index contributed by atoms with van der Waals surface area (Å²) < 4.78 is 0. The molecule has 28 heavy (non-hydrogen) atoms. The van der Waals surface area contributed by atoms with Gasteiger partial charge < -0.3 is 0 Å². The first kappa shape index (κ1) is 20.3. The van der Waals surface area contributed by atoms with E-state index in [0.29, 0.717) is 11.6 Å². The fourth-order valence-corrected chi connectivity index (χ4v) is 3.80. The molecule has 0 fully saturated rings. The van der Waals surface area contributed by atoms with Crippen molar-refractivity contribution in [1.29, 1.82) is 0 Å². The van der Waals surface area contributed by atoms with Gasteiger partial charge in [0.05, 0.1) is 5.71 Å². The minimum absolute atomic E-state index is 0.0741. The Morgan fingerprint density at radius 3 is 2.39 bits per heavy atom. The number of allylic oxidation sites excluding steroid dienone is 4. The SMILES string of the molecule is CCCC(=O)N=C1N=C(c2ccc(C(C)(C)C)cc2)C(=C2C=CN(O)C=C2)S1. The van der Waals surface area contributed by atoms with E-state index in [9.17, 15) is 10.0 Å². The highest BCUT2D eigenvalue weighted by molar-refractivity contribution is 8.18. The zero-order valence-corrected chi connectivity index (χ0v) is 17.5. The fourth-order valence-electron chi connectivity index (χ4n) is 2.82. The van der Waals surface area contributed by atoms with Crippen LogP contribution in [0.1, 0.15) is 51.7 Å². The van der Waals surface area contributed by atoms with Crippen molar-refractivity contribution in [3.8, 4) is 0 Å². The van der Waals surface area contributed by atoms with Gasteiger partial charge in [0.1, 0.15) is 0 Å². The van der Waals surface area contributed by atoms with Crippen LogP contribution in [0.3, 0.4) is 0 Å². The van der Waals surface area contributed by atoms with Crippen molar-refractivity contribution in [2.24, 2.45) is 9.98 Å². The predicted octanol–water partition coefficient (Wildman–Crippen LogP) is 5.19. The number of carbonyl (C=O) groups is 1. The third-order valence-electron chi connectivity index (χ3n) is 4.40. The molecule has 0 saturated carbocycles. The summed E-state index contributed by atoms with van der Waals surface area (Å²) in [5, 5.41) is 11.0. The van der Waals surface area contributed by atoms with Gasteiger partial charge in [0.2, 0.25) is 5.91 Å². The van der Waals surface area contributed by atoms with Crippen LogP contribution < -0.4 is 0 Å². The Balaban J connectivity index is 2.02. The third-order valence-corrected chi connectivity index (χ3v) is 5.40. The number of nitrogens with zero attached hydrogens (tertiary/aromatic N) is 3. The standard InChI is InChI=1S/C22H25N3O2S/c1-5-6-18(26)23-21-24-19(15-7-9-17(10-8-15)22(2,3)4)20(28-21)16-11-13-25(27)14-12-16/h7-14,27H,5-6H2,1-4H3. The average molecular weight is 396 g/mol. The maximum Gasteiger partial charge on any atom is 0.248 e. The topological polar surface area (TPSA) is 65.3 Å². The molecule has 2 aliphatic heterocycles. The van der Waals surface area contributed by atoms with Gasteiger partial charge >= 0.3 is 0 Å². The van der Waals surface area contributed by atoms with Gasteiger partial charge in [-0.05, 0) is 46.9 Å².